The minimum atomic E-state index is -4.60. The summed E-state index contributed by atoms with van der Waals surface area (Å²) in [5.41, 5.74) is -1.61. The predicted molar refractivity (Wildman–Crippen MR) is 145 cm³/mol. The fourth-order valence-electron chi connectivity index (χ4n) is 3.60. The Morgan fingerprint density at radius 2 is 1.73 bits per heavy atom. The molecule has 0 radical (unpaired) electrons. The second-order valence-corrected chi connectivity index (χ2v) is 9.65. The van der Waals surface area contributed by atoms with E-state index >= 15 is 0 Å². The van der Waals surface area contributed by atoms with Crippen LogP contribution < -0.4 is 14.4 Å². The second kappa shape index (κ2) is 11.3. The second-order valence-electron chi connectivity index (χ2n) is 7.97. The van der Waals surface area contributed by atoms with Gasteiger partial charge < -0.3 is 9.47 Å². The molecule has 10 nitrogen and oxygen atoms in total. The van der Waals surface area contributed by atoms with Gasteiger partial charge in [0.15, 0.2) is 15.8 Å². The van der Waals surface area contributed by atoms with Crippen molar-refractivity contribution in [1.29, 1.82) is 0 Å². The maximum Gasteiger partial charge on any atom is 0.416 e. The lowest BCUT2D eigenvalue weighted by atomic mass is 10.1. The first-order chi connectivity index (χ1) is 18.9. The van der Waals surface area contributed by atoms with E-state index in [1.54, 1.807) is 6.92 Å². The number of halogens is 3. The van der Waals surface area contributed by atoms with E-state index < -0.39 is 38.9 Å². The third-order valence-corrected chi connectivity index (χ3v) is 6.66. The van der Waals surface area contributed by atoms with Gasteiger partial charge in [0.2, 0.25) is 5.75 Å². The molecule has 0 saturated carbocycles. The summed E-state index contributed by atoms with van der Waals surface area (Å²) >= 11 is 6.16. The van der Waals surface area contributed by atoms with Gasteiger partial charge in [-0.2, -0.15) is 13.2 Å². The van der Waals surface area contributed by atoms with E-state index in [-0.39, 0.29) is 38.8 Å². The number of carbonyl (C=O) groups is 1. The monoisotopic (exact) mass is 591 g/mol. The SMILES string of the molecule is CCOc1cc(/C=C2\SC(=S)N(c3cccc(C(F)(F)F)c3)C2=O)ccc1Oc1ccc([N+](=O)[O-])cc1[N+](=O)[O-]. The molecule has 0 aromatic heterocycles. The normalized spacial score (nSPS) is 14.5. The Morgan fingerprint density at radius 1 is 1.00 bits per heavy atom. The topological polar surface area (TPSA) is 125 Å². The number of nitro benzene ring substituents is 2. The number of carbonyl (C=O) groups excluding carboxylic acids is 1. The zero-order chi connectivity index (χ0) is 29.2. The number of nitro groups is 2. The van der Waals surface area contributed by atoms with Crippen LogP contribution in [0, 0.1) is 20.2 Å². The van der Waals surface area contributed by atoms with E-state index in [0.717, 1.165) is 47.0 Å². The summed E-state index contributed by atoms with van der Waals surface area (Å²) in [5.74, 6) is -0.662. The van der Waals surface area contributed by atoms with Gasteiger partial charge in [0.05, 0.1) is 38.7 Å². The third-order valence-electron chi connectivity index (χ3n) is 5.36. The number of thioether (sulfide) groups is 1. The fraction of sp³-hybridized carbons (Fsp3) is 0.120. The van der Waals surface area contributed by atoms with Gasteiger partial charge in [-0.1, -0.05) is 36.1 Å². The number of nitrogens with zero attached hydrogens (tertiary/aromatic N) is 3. The van der Waals surface area contributed by atoms with Crippen LogP contribution >= 0.6 is 24.0 Å². The van der Waals surface area contributed by atoms with Crippen molar-refractivity contribution in [3.05, 3.63) is 96.9 Å². The molecule has 0 unspecified atom stereocenters. The van der Waals surface area contributed by atoms with Crippen LogP contribution in [0.3, 0.4) is 0 Å². The zero-order valence-electron chi connectivity index (χ0n) is 20.2. The van der Waals surface area contributed by atoms with Crippen LogP contribution in [0.4, 0.5) is 30.2 Å². The molecule has 1 fully saturated rings. The number of hydrogen-bond acceptors (Lipinski definition) is 9. The average Bonchev–Trinajstić information content (AvgIpc) is 3.17. The number of benzene rings is 3. The molecule has 0 spiro atoms. The molecule has 15 heteroatoms. The van der Waals surface area contributed by atoms with E-state index in [0.29, 0.717) is 5.56 Å². The Labute approximate surface area is 233 Å². The molecule has 0 bridgehead atoms. The summed E-state index contributed by atoms with van der Waals surface area (Å²) in [6, 6.07) is 11.6. The highest BCUT2D eigenvalue weighted by Crippen LogP contribution is 2.41. The first-order valence-corrected chi connectivity index (χ1v) is 12.4. The van der Waals surface area contributed by atoms with Gasteiger partial charge in [-0.25, -0.2) is 0 Å². The largest absolute Gasteiger partial charge is 0.490 e. The van der Waals surface area contributed by atoms with Crippen LogP contribution in [-0.2, 0) is 11.0 Å². The highest BCUT2D eigenvalue weighted by molar-refractivity contribution is 8.27. The van der Waals surface area contributed by atoms with E-state index in [2.05, 4.69) is 0 Å². The molecule has 1 heterocycles. The van der Waals surface area contributed by atoms with Crippen molar-refractivity contribution in [3.63, 3.8) is 0 Å². The number of non-ortho nitro benzene ring substituents is 1. The summed E-state index contributed by atoms with van der Waals surface area (Å²) in [7, 11) is 0. The summed E-state index contributed by atoms with van der Waals surface area (Å²) in [6.07, 6.45) is -3.13. The number of rotatable bonds is 8. The van der Waals surface area contributed by atoms with Crippen molar-refractivity contribution >= 4 is 57.3 Å². The Hall–Kier alpha value is -4.50. The highest BCUT2D eigenvalue weighted by Gasteiger charge is 2.36. The van der Waals surface area contributed by atoms with Crippen molar-refractivity contribution < 1.29 is 37.3 Å². The van der Waals surface area contributed by atoms with Gasteiger partial charge in [0.25, 0.3) is 11.6 Å². The van der Waals surface area contributed by atoms with E-state index in [1.807, 2.05) is 0 Å². The first-order valence-electron chi connectivity index (χ1n) is 11.2. The molecule has 0 atom stereocenters. The maximum absolute atomic E-state index is 13.2. The van der Waals surface area contributed by atoms with Crippen LogP contribution in [0.1, 0.15) is 18.1 Å². The maximum atomic E-state index is 13.2. The van der Waals surface area contributed by atoms with Crippen molar-refractivity contribution in [2.24, 2.45) is 0 Å². The molecule has 3 aromatic rings. The molecule has 3 aromatic carbocycles. The molecule has 206 valence electrons. The quantitative estimate of drug-likeness (QED) is 0.116. The van der Waals surface area contributed by atoms with Crippen molar-refractivity contribution in [3.8, 4) is 17.2 Å². The van der Waals surface area contributed by atoms with Crippen LogP contribution in [0.15, 0.2) is 65.6 Å². The molecule has 0 N–H and O–H groups in total. The van der Waals surface area contributed by atoms with Gasteiger partial charge in [0, 0.05) is 6.07 Å². The molecular weight excluding hydrogens is 575 g/mol. The first kappa shape index (κ1) is 28.5. The molecule has 1 aliphatic rings. The van der Waals surface area contributed by atoms with Crippen LogP contribution in [-0.4, -0.2) is 26.7 Å². The minimum absolute atomic E-state index is 0.0239. The number of thiocarbonyl (C=S) groups is 1. The molecule has 1 saturated heterocycles. The van der Waals surface area contributed by atoms with E-state index in [9.17, 15) is 38.2 Å². The molecule has 0 aliphatic carbocycles. The Balaban J connectivity index is 1.64. The smallest absolute Gasteiger partial charge is 0.416 e. The number of ether oxygens (including phenoxy) is 2. The average molecular weight is 592 g/mol. The highest BCUT2D eigenvalue weighted by atomic mass is 32.2. The number of hydrogen-bond donors (Lipinski definition) is 0. The lowest BCUT2D eigenvalue weighted by Gasteiger charge is -2.16. The van der Waals surface area contributed by atoms with Crippen LogP contribution in [0.25, 0.3) is 6.08 Å². The minimum Gasteiger partial charge on any atom is -0.490 e. The van der Waals surface area contributed by atoms with Crippen molar-refractivity contribution in [2.45, 2.75) is 13.1 Å². The fourth-order valence-corrected chi connectivity index (χ4v) is 4.90. The molecule has 1 amide bonds. The molecule has 1 aliphatic heterocycles. The summed E-state index contributed by atoms with van der Waals surface area (Å²) in [6.45, 7) is 1.87. The Morgan fingerprint density at radius 3 is 2.38 bits per heavy atom. The van der Waals surface area contributed by atoms with Crippen molar-refractivity contribution in [1.82, 2.24) is 0 Å². The summed E-state index contributed by atoms with van der Waals surface area (Å²) in [4.78, 5) is 35.1. The van der Waals surface area contributed by atoms with Crippen LogP contribution in [0.2, 0.25) is 0 Å². The summed E-state index contributed by atoms with van der Waals surface area (Å²) in [5, 5.41) is 22.5. The zero-order valence-corrected chi connectivity index (χ0v) is 21.8. The van der Waals surface area contributed by atoms with Gasteiger partial charge >= 0.3 is 11.9 Å². The number of amides is 1. The van der Waals surface area contributed by atoms with E-state index in [1.165, 1.54) is 36.4 Å². The number of anilines is 1. The van der Waals surface area contributed by atoms with Gasteiger partial charge in [-0.3, -0.25) is 29.9 Å². The lowest BCUT2D eigenvalue weighted by Crippen LogP contribution is -2.27. The Bertz CT molecular complexity index is 1580. The summed E-state index contributed by atoms with van der Waals surface area (Å²) < 4.78 is 50.8. The number of alkyl halides is 3. The Kier molecular flexibility index (Phi) is 8.06. The third kappa shape index (κ3) is 6.05. The standard InChI is InChI=1S/C25H16F3N3O7S2/c1-2-37-21-10-14(6-8-20(21)38-19-9-7-17(30(33)34)13-18(19)31(35)36)11-22-23(32)29(24(39)40-22)16-5-3-4-15(12-16)25(26,27)28/h3-13H,2H2,1H3/b22-11-. The van der Waals surface area contributed by atoms with Crippen LogP contribution in [0.5, 0.6) is 17.2 Å². The van der Waals surface area contributed by atoms with Gasteiger partial charge in [-0.05, 0) is 55.0 Å². The van der Waals surface area contributed by atoms with E-state index in [4.69, 9.17) is 21.7 Å². The molecule has 4 rings (SSSR count). The van der Waals surface area contributed by atoms with Gasteiger partial charge in [0.1, 0.15) is 0 Å². The molecular formula is C25H16F3N3O7S2. The van der Waals surface area contributed by atoms with Gasteiger partial charge in [-0.15, -0.1) is 0 Å². The van der Waals surface area contributed by atoms with Crippen molar-refractivity contribution in [2.75, 3.05) is 11.5 Å². The lowest BCUT2D eigenvalue weighted by molar-refractivity contribution is -0.394. The predicted octanol–water partition coefficient (Wildman–Crippen LogP) is 7.12. The molecule has 40 heavy (non-hydrogen) atoms.